The number of hydrogen-bond acceptors (Lipinski definition) is 4. The van der Waals surface area contributed by atoms with Crippen molar-refractivity contribution in [1.29, 1.82) is 0 Å². The van der Waals surface area contributed by atoms with Crippen molar-refractivity contribution in [2.24, 2.45) is 5.92 Å². The highest BCUT2D eigenvalue weighted by molar-refractivity contribution is 6.28. The van der Waals surface area contributed by atoms with Crippen LogP contribution in [0.2, 0.25) is 5.28 Å². The van der Waals surface area contributed by atoms with Crippen LogP contribution in [-0.4, -0.2) is 27.7 Å². The third kappa shape index (κ3) is 2.79. The Balaban J connectivity index is 1.94. The molecule has 0 spiro atoms. The molecule has 0 bridgehead atoms. The van der Waals surface area contributed by atoms with E-state index >= 15 is 0 Å². The van der Waals surface area contributed by atoms with E-state index in [0.29, 0.717) is 18.3 Å². The third-order valence-corrected chi connectivity index (χ3v) is 2.77. The molecule has 1 atom stereocenters. The zero-order chi connectivity index (χ0) is 10.8. The minimum atomic E-state index is -0.279. The van der Waals surface area contributed by atoms with Crippen LogP contribution < -0.4 is 5.32 Å². The number of rotatable bonds is 4. The molecule has 0 aliphatic heterocycles. The lowest BCUT2D eigenvalue weighted by molar-refractivity contribution is 0.164. The molecule has 1 aromatic rings. The second kappa shape index (κ2) is 4.33. The quantitative estimate of drug-likeness (QED) is 0.768. The Morgan fingerprint density at radius 2 is 2.40 bits per heavy atom. The molecule has 15 heavy (non-hydrogen) atoms. The predicted octanol–water partition coefficient (Wildman–Crippen LogP) is 1.62. The van der Waals surface area contributed by atoms with Crippen molar-refractivity contribution in [1.82, 2.24) is 9.97 Å². The van der Waals surface area contributed by atoms with Crippen LogP contribution in [0.25, 0.3) is 0 Å². The second-order valence-electron chi connectivity index (χ2n) is 3.96. The van der Waals surface area contributed by atoms with Gasteiger partial charge in [-0.3, -0.25) is 0 Å². The number of nitrogens with zero attached hydrogens (tertiary/aromatic N) is 2. The van der Waals surface area contributed by atoms with Crippen LogP contribution in [0.3, 0.4) is 0 Å². The molecule has 1 unspecified atom stereocenters. The number of nitrogens with one attached hydrogen (secondary N) is 1. The molecule has 1 fully saturated rings. The Hall–Kier alpha value is -0.870. The maximum Gasteiger partial charge on any atom is 0.224 e. The minimum absolute atomic E-state index is 0.226. The van der Waals surface area contributed by atoms with Gasteiger partial charge in [0.15, 0.2) is 0 Å². The Labute approximate surface area is 93.7 Å². The van der Waals surface area contributed by atoms with Crippen molar-refractivity contribution >= 4 is 17.4 Å². The molecule has 1 saturated carbocycles. The predicted molar refractivity (Wildman–Crippen MR) is 59.0 cm³/mol. The summed E-state index contributed by atoms with van der Waals surface area (Å²) in [5, 5.41) is 13.0. The van der Waals surface area contributed by atoms with Crippen molar-refractivity contribution in [3.63, 3.8) is 0 Å². The molecule has 0 aromatic carbocycles. The molecule has 1 heterocycles. The average molecular weight is 228 g/mol. The van der Waals surface area contributed by atoms with E-state index in [9.17, 15) is 5.11 Å². The molecular weight excluding hydrogens is 214 g/mol. The van der Waals surface area contributed by atoms with E-state index in [1.807, 2.05) is 6.92 Å². The van der Waals surface area contributed by atoms with Crippen LogP contribution in [0.5, 0.6) is 0 Å². The Morgan fingerprint density at radius 1 is 1.67 bits per heavy atom. The van der Waals surface area contributed by atoms with Gasteiger partial charge in [-0.2, -0.15) is 0 Å². The topological polar surface area (TPSA) is 58.0 Å². The summed E-state index contributed by atoms with van der Waals surface area (Å²) in [6, 6.07) is 0. The summed E-state index contributed by atoms with van der Waals surface area (Å²) in [6.45, 7) is 2.43. The lowest BCUT2D eigenvalue weighted by Crippen LogP contribution is -2.22. The van der Waals surface area contributed by atoms with Crippen molar-refractivity contribution in [2.45, 2.75) is 25.9 Å². The van der Waals surface area contributed by atoms with Gasteiger partial charge in [0.05, 0.1) is 6.10 Å². The van der Waals surface area contributed by atoms with Crippen LogP contribution in [0, 0.1) is 12.8 Å². The minimum Gasteiger partial charge on any atom is -0.391 e. The molecule has 4 nitrogen and oxygen atoms in total. The first-order valence-corrected chi connectivity index (χ1v) is 5.45. The third-order valence-electron chi connectivity index (χ3n) is 2.59. The molecule has 1 aromatic heterocycles. The number of aliphatic hydroxyl groups is 1. The lowest BCUT2D eigenvalue weighted by Gasteiger charge is -2.12. The number of anilines is 1. The highest BCUT2D eigenvalue weighted by Gasteiger charge is 2.29. The van der Waals surface area contributed by atoms with Gasteiger partial charge >= 0.3 is 0 Å². The van der Waals surface area contributed by atoms with Crippen molar-refractivity contribution in [3.05, 3.63) is 17.0 Å². The summed E-state index contributed by atoms with van der Waals surface area (Å²) in [7, 11) is 0. The molecule has 0 amide bonds. The van der Waals surface area contributed by atoms with E-state index < -0.39 is 0 Å². The average Bonchev–Trinajstić information content (AvgIpc) is 3.02. The molecule has 0 saturated heterocycles. The number of aromatic nitrogens is 2. The second-order valence-corrected chi connectivity index (χ2v) is 4.29. The van der Waals surface area contributed by atoms with Crippen LogP contribution >= 0.6 is 11.6 Å². The van der Waals surface area contributed by atoms with Gasteiger partial charge in [0.2, 0.25) is 5.28 Å². The number of hydrogen-bond donors (Lipinski definition) is 2. The highest BCUT2D eigenvalue weighted by atomic mass is 35.5. The smallest absolute Gasteiger partial charge is 0.224 e. The molecule has 0 radical (unpaired) electrons. The molecule has 5 heteroatoms. The van der Waals surface area contributed by atoms with Gasteiger partial charge in [-0.25, -0.2) is 9.97 Å². The lowest BCUT2D eigenvalue weighted by atomic mass is 10.2. The monoisotopic (exact) mass is 227 g/mol. The fraction of sp³-hybridized carbons (Fsp3) is 0.600. The molecule has 2 rings (SSSR count). The zero-order valence-corrected chi connectivity index (χ0v) is 9.33. The molecule has 2 N–H and O–H groups in total. The maximum absolute atomic E-state index is 9.67. The molecule has 82 valence electrons. The maximum atomic E-state index is 9.67. The summed E-state index contributed by atoms with van der Waals surface area (Å²) in [5.41, 5.74) is 0.933. The standard InChI is InChI=1S/C10H14ClN3O/c1-6-4-13-10(11)14-9(6)12-5-8(15)7-2-3-7/h4,7-8,15H,2-3,5H2,1H3,(H,12,13,14). The van der Waals surface area contributed by atoms with Gasteiger partial charge in [-0.1, -0.05) is 0 Å². The zero-order valence-electron chi connectivity index (χ0n) is 8.57. The summed E-state index contributed by atoms with van der Waals surface area (Å²) >= 11 is 5.68. The van der Waals surface area contributed by atoms with E-state index in [0.717, 1.165) is 18.4 Å². The van der Waals surface area contributed by atoms with Gasteiger partial charge in [0.25, 0.3) is 0 Å². The van der Waals surface area contributed by atoms with Gasteiger partial charge < -0.3 is 10.4 Å². The van der Waals surface area contributed by atoms with Crippen LogP contribution in [0.4, 0.5) is 5.82 Å². The number of aliphatic hydroxyl groups excluding tert-OH is 1. The summed E-state index contributed by atoms with van der Waals surface area (Å²) in [5.74, 6) is 1.17. The van der Waals surface area contributed by atoms with Gasteiger partial charge in [0, 0.05) is 18.3 Å². The van der Waals surface area contributed by atoms with E-state index in [4.69, 9.17) is 11.6 Å². The number of halogens is 1. The first kappa shape index (κ1) is 10.6. The normalized spacial score (nSPS) is 17.5. The molecule has 1 aliphatic carbocycles. The van der Waals surface area contributed by atoms with E-state index in [2.05, 4.69) is 15.3 Å². The molecular formula is C10H14ClN3O. The largest absolute Gasteiger partial charge is 0.391 e. The van der Waals surface area contributed by atoms with Crippen LogP contribution in [0.15, 0.2) is 6.20 Å². The van der Waals surface area contributed by atoms with Crippen molar-refractivity contribution in [3.8, 4) is 0 Å². The van der Waals surface area contributed by atoms with Crippen molar-refractivity contribution < 1.29 is 5.11 Å². The van der Waals surface area contributed by atoms with E-state index in [1.54, 1.807) is 6.20 Å². The van der Waals surface area contributed by atoms with Gasteiger partial charge in [-0.15, -0.1) is 0 Å². The number of aryl methyl sites for hydroxylation is 1. The van der Waals surface area contributed by atoms with Gasteiger partial charge in [-0.05, 0) is 37.3 Å². The Morgan fingerprint density at radius 3 is 3.07 bits per heavy atom. The molecule has 1 aliphatic rings. The first-order chi connectivity index (χ1) is 7.16. The Kier molecular flexibility index (Phi) is 3.07. The first-order valence-electron chi connectivity index (χ1n) is 5.08. The fourth-order valence-corrected chi connectivity index (χ4v) is 1.58. The van der Waals surface area contributed by atoms with E-state index in [-0.39, 0.29) is 11.4 Å². The summed E-state index contributed by atoms with van der Waals surface area (Å²) in [6.07, 6.45) is 3.65. The SMILES string of the molecule is Cc1cnc(Cl)nc1NCC(O)C1CC1. The van der Waals surface area contributed by atoms with Crippen LogP contribution in [-0.2, 0) is 0 Å². The summed E-state index contributed by atoms with van der Waals surface area (Å²) < 4.78 is 0. The van der Waals surface area contributed by atoms with Gasteiger partial charge in [0.1, 0.15) is 5.82 Å². The van der Waals surface area contributed by atoms with Crippen LogP contribution in [0.1, 0.15) is 18.4 Å². The fourth-order valence-electron chi connectivity index (χ4n) is 1.45. The Bertz CT molecular complexity index is 355. The summed E-state index contributed by atoms with van der Waals surface area (Å²) in [4.78, 5) is 7.92. The van der Waals surface area contributed by atoms with Crippen molar-refractivity contribution in [2.75, 3.05) is 11.9 Å². The van der Waals surface area contributed by atoms with E-state index in [1.165, 1.54) is 0 Å². The highest BCUT2D eigenvalue weighted by Crippen LogP contribution is 2.32.